The maximum absolute atomic E-state index is 12.3. The summed E-state index contributed by atoms with van der Waals surface area (Å²) in [5.74, 6) is -1.25. The predicted octanol–water partition coefficient (Wildman–Crippen LogP) is 4.23. The molecule has 6 nitrogen and oxygen atoms in total. The van der Waals surface area contributed by atoms with E-state index in [0.717, 1.165) is 60.0 Å². The van der Waals surface area contributed by atoms with Gasteiger partial charge < -0.3 is 19.9 Å². The van der Waals surface area contributed by atoms with Crippen LogP contribution < -0.4 is 5.32 Å². The maximum atomic E-state index is 12.3. The fraction of sp³-hybridized carbons (Fsp3) is 0.565. The van der Waals surface area contributed by atoms with Crippen LogP contribution in [-0.2, 0) is 33.9 Å². The number of anilines is 1. The molecular formula is C23H31NO5. The molecule has 1 saturated carbocycles. The second-order valence-electron chi connectivity index (χ2n) is 7.95. The number of rotatable bonds is 7. The lowest BCUT2D eigenvalue weighted by Gasteiger charge is -2.20. The highest BCUT2D eigenvalue weighted by atomic mass is 16.5. The van der Waals surface area contributed by atoms with Crippen LogP contribution in [0, 0.1) is 18.8 Å². The van der Waals surface area contributed by atoms with Crippen molar-refractivity contribution in [1.82, 2.24) is 0 Å². The van der Waals surface area contributed by atoms with Gasteiger partial charge in [0.15, 0.2) is 0 Å². The van der Waals surface area contributed by atoms with E-state index in [1.807, 2.05) is 14.0 Å². The largest absolute Gasteiger partial charge is 0.481 e. The number of esters is 1. The van der Waals surface area contributed by atoms with Gasteiger partial charge in [-0.25, -0.2) is 4.79 Å². The fourth-order valence-corrected chi connectivity index (χ4v) is 4.74. The average molecular weight is 402 g/mol. The van der Waals surface area contributed by atoms with E-state index in [2.05, 4.69) is 17.5 Å². The smallest absolute Gasteiger partial charge is 0.341 e. The van der Waals surface area contributed by atoms with Crippen LogP contribution in [-0.4, -0.2) is 31.2 Å². The number of carbonyl (C=O) groups is 2. The van der Waals surface area contributed by atoms with E-state index in [1.54, 1.807) is 7.11 Å². The number of nitrogens with one attached hydrogen (secondary N) is 1. The molecule has 2 N–H and O–H groups in total. The van der Waals surface area contributed by atoms with Crippen LogP contribution in [0.2, 0.25) is 0 Å². The third-order valence-corrected chi connectivity index (χ3v) is 6.31. The molecule has 0 bridgehead atoms. The van der Waals surface area contributed by atoms with Crippen LogP contribution in [0.4, 0.5) is 5.69 Å². The highest BCUT2D eigenvalue weighted by Gasteiger charge is 2.31. The van der Waals surface area contributed by atoms with Crippen molar-refractivity contribution in [3.05, 3.63) is 40.0 Å². The number of carbonyl (C=O) groups excluding carboxylic acids is 1. The lowest BCUT2D eigenvalue weighted by atomic mass is 9.86. The van der Waals surface area contributed by atoms with Gasteiger partial charge in [0.1, 0.15) is 6.61 Å². The van der Waals surface area contributed by atoms with Crippen LogP contribution in [0.25, 0.3) is 0 Å². The van der Waals surface area contributed by atoms with E-state index in [1.165, 1.54) is 0 Å². The third kappa shape index (κ3) is 4.32. The molecule has 158 valence electrons. The summed E-state index contributed by atoms with van der Waals surface area (Å²) in [6.07, 6.45) is 9.54. The van der Waals surface area contributed by atoms with Gasteiger partial charge in [-0.1, -0.05) is 31.4 Å². The molecule has 2 aliphatic rings. The number of carboxylic acids is 1. The molecule has 0 aromatic heterocycles. The molecule has 3 rings (SSSR count). The van der Waals surface area contributed by atoms with Crippen molar-refractivity contribution in [2.24, 2.45) is 11.8 Å². The molecular weight excluding hydrogens is 370 g/mol. The quantitative estimate of drug-likeness (QED) is 0.404. The third-order valence-electron chi connectivity index (χ3n) is 6.31. The molecule has 2 unspecified atom stereocenters. The van der Waals surface area contributed by atoms with Gasteiger partial charge in [-0.05, 0) is 48.8 Å². The summed E-state index contributed by atoms with van der Waals surface area (Å²) in [6.45, 7) is 2.75. The van der Waals surface area contributed by atoms with Gasteiger partial charge in [0.2, 0.25) is 0 Å². The van der Waals surface area contributed by atoms with Gasteiger partial charge in [0, 0.05) is 19.7 Å². The normalized spacial score (nSPS) is 21.7. The van der Waals surface area contributed by atoms with Gasteiger partial charge in [-0.15, -0.1) is 0 Å². The number of ether oxygens (including phenoxy) is 2. The first-order valence-corrected chi connectivity index (χ1v) is 10.4. The van der Waals surface area contributed by atoms with E-state index in [-0.39, 0.29) is 17.8 Å². The SMILES string of the molecule is CNc1c(C/C=C/C2CCCCCC2C(=O)O)c(COC)c(C)c2c1C(=O)OC2. The molecule has 0 spiro atoms. The highest BCUT2D eigenvalue weighted by molar-refractivity contribution is 6.01. The zero-order valence-electron chi connectivity index (χ0n) is 17.5. The molecule has 2 atom stereocenters. The lowest BCUT2D eigenvalue weighted by Crippen LogP contribution is -2.21. The zero-order valence-corrected chi connectivity index (χ0v) is 17.5. The van der Waals surface area contributed by atoms with Crippen molar-refractivity contribution >= 4 is 17.6 Å². The minimum absolute atomic E-state index is 0.0550. The van der Waals surface area contributed by atoms with E-state index in [4.69, 9.17) is 9.47 Å². The summed E-state index contributed by atoms with van der Waals surface area (Å²) in [6, 6.07) is 0. The van der Waals surface area contributed by atoms with Crippen molar-refractivity contribution in [2.45, 2.75) is 58.7 Å². The van der Waals surface area contributed by atoms with E-state index < -0.39 is 5.97 Å². The highest BCUT2D eigenvalue weighted by Crippen LogP contribution is 2.38. The fourth-order valence-electron chi connectivity index (χ4n) is 4.74. The summed E-state index contributed by atoms with van der Waals surface area (Å²) in [5, 5.41) is 12.8. The number of benzene rings is 1. The van der Waals surface area contributed by atoms with Crippen LogP contribution in [0.15, 0.2) is 12.2 Å². The van der Waals surface area contributed by atoms with Crippen molar-refractivity contribution in [3.63, 3.8) is 0 Å². The molecule has 29 heavy (non-hydrogen) atoms. The summed E-state index contributed by atoms with van der Waals surface area (Å²) in [5.41, 5.74) is 5.45. The zero-order chi connectivity index (χ0) is 21.0. The van der Waals surface area contributed by atoms with Crippen molar-refractivity contribution in [2.75, 3.05) is 19.5 Å². The molecule has 1 aliphatic carbocycles. The molecule has 0 saturated heterocycles. The topological polar surface area (TPSA) is 84.9 Å². The number of carboxylic acid groups (broad SMARTS) is 1. The summed E-state index contributed by atoms with van der Waals surface area (Å²) >= 11 is 0. The van der Waals surface area contributed by atoms with E-state index in [0.29, 0.717) is 25.2 Å². The van der Waals surface area contributed by atoms with E-state index >= 15 is 0 Å². The Kier molecular flexibility index (Phi) is 6.96. The van der Waals surface area contributed by atoms with Crippen molar-refractivity contribution < 1.29 is 24.2 Å². The molecule has 6 heteroatoms. The summed E-state index contributed by atoms with van der Waals surface area (Å²) in [4.78, 5) is 24.0. The lowest BCUT2D eigenvalue weighted by molar-refractivity contribution is -0.143. The molecule has 0 radical (unpaired) electrons. The van der Waals surface area contributed by atoms with Gasteiger partial charge in [0.25, 0.3) is 0 Å². The Hall–Kier alpha value is -2.34. The van der Waals surface area contributed by atoms with Gasteiger partial charge in [-0.3, -0.25) is 4.79 Å². The first-order valence-electron chi connectivity index (χ1n) is 10.4. The molecule has 0 amide bonds. The number of hydrogen-bond donors (Lipinski definition) is 2. The number of aliphatic carboxylic acids is 1. The Morgan fingerprint density at radius 3 is 2.72 bits per heavy atom. The Labute approximate surface area is 172 Å². The van der Waals surface area contributed by atoms with Crippen molar-refractivity contribution in [1.29, 1.82) is 0 Å². The maximum Gasteiger partial charge on any atom is 0.341 e. The molecule has 1 fully saturated rings. The molecule has 1 heterocycles. The van der Waals surface area contributed by atoms with E-state index in [9.17, 15) is 14.7 Å². The number of allylic oxidation sites excluding steroid dienone is 2. The van der Waals surface area contributed by atoms with Crippen molar-refractivity contribution in [3.8, 4) is 0 Å². The molecule has 1 aromatic rings. The summed E-state index contributed by atoms with van der Waals surface area (Å²) in [7, 11) is 3.47. The minimum Gasteiger partial charge on any atom is -0.481 e. The Balaban J connectivity index is 1.94. The molecule has 1 aromatic carbocycles. The average Bonchev–Trinajstić information content (AvgIpc) is 2.93. The Morgan fingerprint density at radius 2 is 2.03 bits per heavy atom. The Morgan fingerprint density at radius 1 is 1.28 bits per heavy atom. The second-order valence-corrected chi connectivity index (χ2v) is 7.95. The first-order chi connectivity index (χ1) is 14.0. The van der Waals surface area contributed by atoms with Crippen LogP contribution >= 0.6 is 0 Å². The summed E-state index contributed by atoms with van der Waals surface area (Å²) < 4.78 is 10.7. The number of hydrogen-bond acceptors (Lipinski definition) is 5. The predicted molar refractivity (Wildman–Crippen MR) is 111 cm³/mol. The standard InChI is InChI=1S/C23H31NO5/c1-14-18(12-28-3)17(21(24-2)20-19(14)13-29-23(20)27)11-7-9-15-8-5-4-6-10-16(15)22(25)26/h7,9,15-16,24H,4-6,8,10-13H2,1-3H3,(H,25,26)/b9-7+. The monoisotopic (exact) mass is 401 g/mol. The molecule has 1 aliphatic heterocycles. The number of methoxy groups -OCH3 is 1. The van der Waals surface area contributed by atoms with Gasteiger partial charge in [0.05, 0.1) is 23.8 Å². The van der Waals surface area contributed by atoms with Crippen LogP contribution in [0.5, 0.6) is 0 Å². The Bertz CT molecular complexity index is 814. The van der Waals surface area contributed by atoms with Crippen LogP contribution in [0.1, 0.15) is 64.7 Å². The van der Waals surface area contributed by atoms with Crippen LogP contribution in [0.3, 0.4) is 0 Å². The van der Waals surface area contributed by atoms with Gasteiger partial charge in [-0.2, -0.15) is 0 Å². The van der Waals surface area contributed by atoms with Gasteiger partial charge >= 0.3 is 11.9 Å². The number of fused-ring (bicyclic) bond motifs is 1. The first kappa shape index (κ1) is 21.4. The minimum atomic E-state index is -0.700. The second kappa shape index (κ2) is 9.44. The number of cyclic esters (lactones) is 1.